The number of aliphatic carboxylic acids is 1. The van der Waals surface area contributed by atoms with Gasteiger partial charge in [-0.2, -0.15) is 18.4 Å². The average molecular weight is 390 g/mol. The lowest BCUT2D eigenvalue weighted by molar-refractivity contribution is -0.192. The monoisotopic (exact) mass is 390 g/mol. The fraction of sp³-hybridized carbons (Fsp3) is 0.375. The van der Waals surface area contributed by atoms with Crippen LogP contribution in [0.4, 0.5) is 13.2 Å². The highest BCUT2D eigenvalue weighted by Crippen LogP contribution is 2.22. The first-order valence-electron chi connectivity index (χ1n) is 7.50. The number of allylic oxidation sites excluding steroid dienone is 1. The molecule has 0 spiro atoms. The zero-order valence-electron chi connectivity index (χ0n) is 13.5. The Morgan fingerprint density at radius 1 is 1.23 bits per heavy atom. The van der Waals surface area contributed by atoms with Crippen molar-refractivity contribution in [1.29, 1.82) is 5.26 Å². The van der Waals surface area contributed by atoms with Gasteiger partial charge >= 0.3 is 12.1 Å². The van der Waals surface area contributed by atoms with E-state index in [9.17, 15) is 21.6 Å². The lowest BCUT2D eigenvalue weighted by atomic mass is 10.2. The number of nitrogens with one attached hydrogen (secondary N) is 1. The van der Waals surface area contributed by atoms with Gasteiger partial charge in [-0.25, -0.2) is 13.2 Å². The van der Waals surface area contributed by atoms with Crippen LogP contribution in [0.15, 0.2) is 35.2 Å². The largest absolute Gasteiger partial charge is 0.490 e. The number of alkyl halides is 3. The third-order valence-electron chi connectivity index (χ3n) is 3.53. The number of halogens is 3. The summed E-state index contributed by atoms with van der Waals surface area (Å²) in [5.74, 6) is -2.76. The van der Waals surface area contributed by atoms with Crippen molar-refractivity contribution in [2.24, 2.45) is 0 Å². The molecule has 1 saturated heterocycles. The number of sulfone groups is 1. The molecule has 2 N–H and O–H groups in total. The number of nitrogens with zero attached hydrogens (tertiary/aromatic N) is 1. The van der Waals surface area contributed by atoms with Gasteiger partial charge in [-0.3, -0.25) is 0 Å². The number of benzene rings is 1. The van der Waals surface area contributed by atoms with E-state index >= 15 is 0 Å². The third kappa shape index (κ3) is 6.50. The molecule has 1 aliphatic heterocycles. The third-order valence-corrected chi connectivity index (χ3v) is 5.80. The number of nitriles is 1. The molecule has 2 rings (SSSR count). The Morgan fingerprint density at radius 2 is 1.73 bits per heavy atom. The lowest BCUT2D eigenvalue weighted by Gasteiger charge is -2.22. The first-order valence-corrected chi connectivity index (χ1v) is 9.04. The number of hydrogen-bond donors (Lipinski definition) is 2. The number of carbonyl (C=O) groups is 1. The minimum absolute atomic E-state index is 0.283. The van der Waals surface area contributed by atoms with E-state index in [0.29, 0.717) is 17.7 Å². The summed E-state index contributed by atoms with van der Waals surface area (Å²) in [4.78, 5) is 9.26. The van der Waals surface area contributed by atoms with E-state index in [-0.39, 0.29) is 5.25 Å². The number of hydrogen-bond acceptors (Lipinski definition) is 5. The first kappa shape index (κ1) is 21.7. The van der Waals surface area contributed by atoms with Crippen molar-refractivity contribution in [3.8, 4) is 6.07 Å². The van der Waals surface area contributed by atoms with Gasteiger partial charge in [0.05, 0.1) is 16.2 Å². The SMILES string of the molecule is N#C/C=C/c1ccc(S(=O)(=O)C2CCNCC2)cc1.O=C(O)C(F)(F)F. The van der Waals surface area contributed by atoms with Crippen LogP contribution in [-0.2, 0) is 14.6 Å². The smallest absolute Gasteiger partial charge is 0.475 e. The molecule has 6 nitrogen and oxygen atoms in total. The van der Waals surface area contributed by atoms with Crippen LogP contribution in [0.3, 0.4) is 0 Å². The van der Waals surface area contributed by atoms with Crippen molar-refractivity contribution < 1.29 is 31.5 Å². The molecular formula is C16H17F3N2O4S. The van der Waals surface area contributed by atoms with Crippen molar-refractivity contribution in [2.45, 2.75) is 29.2 Å². The highest BCUT2D eigenvalue weighted by atomic mass is 32.2. The molecule has 0 aliphatic carbocycles. The normalized spacial score (nSPS) is 15.8. The van der Waals surface area contributed by atoms with Crippen LogP contribution in [0.25, 0.3) is 6.08 Å². The Bertz CT molecular complexity index is 775. The van der Waals surface area contributed by atoms with E-state index < -0.39 is 22.0 Å². The predicted molar refractivity (Wildman–Crippen MR) is 87.9 cm³/mol. The Morgan fingerprint density at radius 3 is 2.15 bits per heavy atom. The van der Waals surface area contributed by atoms with Gasteiger partial charge < -0.3 is 10.4 Å². The van der Waals surface area contributed by atoms with Gasteiger partial charge in [0.25, 0.3) is 0 Å². The van der Waals surface area contributed by atoms with Crippen LogP contribution in [0.5, 0.6) is 0 Å². The minimum atomic E-state index is -5.08. The predicted octanol–water partition coefficient (Wildman–Crippen LogP) is 2.38. The second kappa shape index (κ2) is 9.35. The number of rotatable bonds is 3. The standard InChI is InChI=1S/C14H16N2O2S.C2HF3O2/c15-9-1-2-12-3-5-13(6-4-12)19(17,18)14-7-10-16-11-8-14;3-2(4,5)1(6)7/h1-6,14,16H,7-8,10-11H2;(H,6,7)/b2-1+;. The molecule has 0 bridgehead atoms. The summed E-state index contributed by atoms with van der Waals surface area (Å²) in [6.45, 7) is 1.51. The molecule has 0 unspecified atom stereocenters. The van der Waals surface area contributed by atoms with E-state index in [1.807, 2.05) is 6.07 Å². The summed E-state index contributed by atoms with van der Waals surface area (Å²) in [6.07, 6.45) is -0.728. The van der Waals surface area contributed by atoms with Crippen molar-refractivity contribution in [3.63, 3.8) is 0 Å². The lowest BCUT2D eigenvalue weighted by Crippen LogP contribution is -2.35. The molecule has 0 saturated carbocycles. The Hall–Kier alpha value is -2.38. The maximum absolute atomic E-state index is 12.4. The molecule has 142 valence electrons. The molecule has 10 heteroatoms. The van der Waals surface area contributed by atoms with Gasteiger partial charge in [-0.15, -0.1) is 0 Å². The molecule has 0 atom stereocenters. The Kier molecular flexibility index (Phi) is 7.79. The maximum atomic E-state index is 12.4. The minimum Gasteiger partial charge on any atom is -0.475 e. The van der Waals surface area contributed by atoms with Crippen LogP contribution in [0.2, 0.25) is 0 Å². The summed E-state index contributed by atoms with van der Waals surface area (Å²) in [7, 11) is -3.23. The summed E-state index contributed by atoms with van der Waals surface area (Å²) in [5.41, 5.74) is 0.825. The van der Waals surface area contributed by atoms with E-state index in [1.165, 1.54) is 6.08 Å². The fourth-order valence-electron chi connectivity index (χ4n) is 2.20. The Labute approximate surface area is 148 Å². The van der Waals surface area contributed by atoms with Crippen molar-refractivity contribution >= 4 is 21.9 Å². The van der Waals surface area contributed by atoms with E-state index in [1.54, 1.807) is 30.3 Å². The van der Waals surface area contributed by atoms with Gasteiger partial charge in [0, 0.05) is 6.08 Å². The number of carboxylic acid groups (broad SMARTS) is 1. The van der Waals surface area contributed by atoms with Gasteiger partial charge in [0.2, 0.25) is 0 Å². The van der Waals surface area contributed by atoms with E-state index in [4.69, 9.17) is 15.2 Å². The molecule has 0 aromatic heterocycles. The zero-order chi connectivity index (χ0) is 19.8. The van der Waals surface area contributed by atoms with Crippen molar-refractivity contribution in [2.75, 3.05) is 13.1 Å². The number of piperidine rings is 1. The number of carboxylic acids is 1. The highest BCUT2D eigenvalue weighted by molar-refractivity contribution is 7.92. The van der Waals surface area contributed by atoms with E-state index in [2.05, 4.69) is 5.32 Å². The second-order valence-electron chi connectivity index (χ2n) is 5.33. The molecule has 1 aromatic rings. The first-order chi connectivity index (χ1) is 12.1. The van der Waals surface area contributed by atoms with Crippen LogP contribution in [0.1, 0.15) is 18.4 Å². The molecule has 1 heterocycles. The molecule has 1 aliphatic rings. The molecule has 0 radical (unpaired) electrons. The highest BCUT2D eigenvalue weighted by Gasteiger charge is 2.38. The topological polar surface area (TPSA) is 107 Å². The van der Waals surface area contributed by atoms with Gasteiger partial charge in [0.1, 0.15) is 0 Å². The van der Waals surface area contributed by atoms with Gasteiger partial charge in [-0.1, -0.05) is 12.1 Å². The van der Waals surface area contributed by atoms with Crippen LogP contribution < -0.4 is 5.32 Å². The maximum Gasteiger partial charge on any atom is 0.490 e. The Balaban J connectivity index is 0.000000412. The van der Waals surface area contributed by atoms with Crippen molar-refractivity contribution in [1.82, 2.24) is 5.32 Å². The quantitative estimate of drug-likeness (QED) is 0.768. The summed E-state index contributed by atoms with van der Waals surface area (Å²) >= 11 is 0. The molecule has 0 amide bonds. The molecule has 1 fully saturated rings. The zero-order valence-corrected chi connectivity index (χ0v) is 14.3. The molecule has 1 aromatic carbocycles. The van der Waals surface area contributed by atoms with Crippen LogP contribution in [-0.4, -0.2) is 44.0 Å². The average Bonchev–Trinajstić information content (AvgIpc) is 2.61. The van der Waals surface area contributed by atoms with Gasteiger partial charge in [-0.05, 0) is 49.7 Å². The summed E-state index contributed by atoms with van der Waals surface area (Å²) in [6, 6.07) is 8.59. The molecular weight excluding hydrogens is 373 g/mol. The fourth-order valence-corrected chi connectivity index (χ4v) is 3.96. The van der Waals surface area contributed by atoms with Gasteiger partial charge in [0.15, 0.2) is 9.84 Å². The summed E-state index contributed by atoms with van der Waals surface area (Å²) < 4.78 is 56.6. The van der Waals surface area contributed by atoms with E-state index in [0.717, 1.165) is 18.7 Å². The van der Waals surface area contributed by atoms with Crippen LogP contribution >= 0.6 is 0 Å². The molecule has 26 heavy (non-hydrogen) atoms. The second-order valence-corrected chi connectivity index (χ2v) is 7.56. The van der Waals surface area contributed by atoms with Crippen LogP contribution in [0, 0.1) is 11.3 Å². The summed E-state index contributed by atoms with van der Waals surface area (Å²) in [5, 5.41) is 18.5. The van der Waals surface area contributed by atoms with Crippen molar-refractivity contribution in [3.05, 3.63) is 35.9 Å².